The van der Waals surface area contributed by atoms with Gasteiger partial charge < -0.3 is 20.1 Å². The van der Waals surface area contributed by atoms with E-state index in [1.807, 2.05) is 23.9 Å². The third-order valence-electron chi connectivity index (χ3n) is 7.87. The molecule has 1 fully saturated rings. The second kappa shape index (κ2) is 7.66. The van der Waals surface area contributed by atoms with Crippen LogP contribution in [-0.4, -0.2) is 54.0 Å². The van der Waals surface area contributed by atoms with Crippen LogP contribution in [0.4, 0.5) is 5.69 Å². The number of carbonyl (C=O) groups is 2. The van der Waals surface area contributed by atoms with Gasteiger partial charge in [-0.05, 0) is 29.0 Å². The van der Waals surface area contributed by atoms with Crippen LogP contribution in [0.3, 0.4) is 0 Å². The summed E-state index contributed by atoms with van der Waals surface area (Å²) < 4.78 is 2.04. The number of para-hydroxylation sites is 1. The Kier molecular flexibility index (Phi) is 4.53. The Morgan fingerprint density at radius 2 is 1.77 bits per heavy atom. The molecule has 7 heteroatoms. The lowest BCUT2D eigenvalue weighted by Crippen LogP contribution is -2.44. The molecular weight excluding hydrogens is 438 g/mol. The first-order valence-electron chi connectivity index (χ1n) is 12.3. The minimum absolute atomic E-state index is 0.298. The van der Waals surface area contributed by atoms with Crippen LogP contribution < -0.4 is 16.0 Å². The lowest BCUT2D eigenvalue weighted by molar-refractivity contribution is 0.0880. The van der Waals surface area contributed by atoms with Gasteiger partial charge in [0.1, 0.15) is 0 Å². The first-order valence-corrected chi connectivity index (χ1v) is 12.3. The number of nitrogens with zero attached hydrogens (tertiary/aromatic N) is 2. The van der Waals surface area contributed by atoms with Gasteiger partial charge >= 0.3 is 0 Å². The number of amides is 2. The fourth-order valence-corrected chi connectivity index (χ4v) is 6.21. The number of anilines is 1. The Morgan fingerprint density at radius 1 is 0.943 bits per heavy atom. The van der Waals surface area contributed by atoms with Crippen molar-refractivity contribution in [1.29, 1.82) is 0 Å². The van der Waals surface area contributed by atoms with Gasteiger partial charge in [0.05, 0.1) is 16.6 Å². The SMILES string of the molecule is Cn1ccc2ccc3c4c(c5c(c3c21)C(=O)NC5=O)-c1cccc(CCN2CCNCC2)c1NC4. The molecule has 35 heavy (non-hydrogen) atoms. The summed E-state index contributed by atoms with van der Waals surface area (Å²) >= 11 is 0. The fourth-order valence-electron chi connectivity index (χ4n) is 6.21. The van der Waals surface area contributed by atoms with Crippen LogP contribution in [0.5, 0.6) is 0 Å². The number of carbonyl (C=O) groups excluding carboxylic acids is 2. The maximum atomic E-state index is 13.2. The van der Waals surface area contributed by atoms with Crippen molar-refractivity contribution in [3.63, 3.8) is 0 Å². The highest BCUT2D eigenvalue weighted by molar-refractivity contribution is 6.33. The van der Waals surface area contributed by atoms with Crippen LogP contribution in [0.25, 0.3) is 32.8 Å². The maximum Gasteiger partial charge on any atom is 0.259 e. The Labute approximate surface area is 203 Å². The summed E-state index contributed by atoms with van der Waals surface area (Å²) in [4.78, 5) is 28.8. The molecule has 0 radical (unpaired) electrons. The van der Waals surface area contributed by atoms with E-state index in [0.29, 0.717) is 17.7 Å². The highest BCUT2D eigenvalue weighted by Crippen LogP contribution is 2.47. The summed E-state index contributed by atoms with van der Waals surface area (Å²) in [5, 5.41) is 12.7. The van der Waals surface area contributed by atoms with E-state index < -0.39 is 0 Å². The summed E-state index contributed by atoms with van der Waals surface area (Å²) in [6.07, 6.45) is 2.94. The van der Waals surface area contributed by atoms with E-state index in [4.69, 9.17) is 0 Å². The first-order chi connectivity index (χ1) is 17.1. The van der Waals surface area contributed by atoms with Gasteiger partial charge in [-0.1, -0.05) is 30.3 Å². The minimum atomic E-state index is -0.304. The zero-order chi connectivity index (χ0) is 23.7. The highest BCUT2D eigenvalue weighted by Gasteiger charge is 2.37. The summed E-state index contributed by atoms with van der Waals surface area (Å²) in [6.45, 7) is 5.84. The Morgan fingerprint density at radius 3 is 2.63 bits per heavy atom. The number of nitrogens with one attached hydrogen (secondary N) is 3. The third-order valence-corrected chi connectivity index (χ3v) is 7.87. The summed E-state index contributed by atoms with van der Waals surface area (Å²) in [5.41, 5.74) is 7.36. The van der Waals surface area contributed by atoms with E-state index in [1.165, 1.54) is 5.56 Å². The van der Waals surface area contributed by atoms with Crippen molar-refractivity contribution in [2.75, 3.05) is 38.0 Å². The molecule has 3 aliphatic heterocycles. The number of fused-ring (bicyclic) bond motifs is 10. The molecule has 4 heterocycles. The Bertz CT molecular complexity index is 1560. The molecule has 4 aromatic rings. The molecular formula is C28H27N5O2. The lowest BCUT2D eigenvalue weighted by Gasteiger charge is -2.29. The van der Waals surface area contributed by atoms with E-state index in [-0.39, 0.29) is 11.8 Å². The second-order valence-corrected chi connectivity index (χ2v) is 9.77. The molecule has 3 aromatic carbocycles. The minimum Gasteiger partial charge on any atom is -0.380 e. The van der Waals surface area contributed by atoms with Crippen LogP contribution in [0.1, 0.15) is 31.8 Å². The van der Waals surface area contributed by atoms with Gasteiger partial charge in [0.15, 0.2) is 0 Å². The second-order valence-electron chi connectivity index (χ2n) is 9.77. The number of aromatic nitrogens is 1. The Hall–Kier alpha value is -3.68. The zero-order valence-corrected chi connectivity index (χ0v) is 19.7. The molecule has 0 atom stereocenters. The number of imide groups is 1. The smallest absolute Gasteiger partial charge is 0.259 e. The predicted octanol–water partition coefficient (Wildman–Crippen LogP) is 3.26. The predicted molar refractivity (Wildman–Crippen MR) is 138 cm³/mol. The van der Waals surface area contributed by atoms with Crippen LogP contribution in [0.15, 0.2) is 42.6 Å². The quantitative estimate of drug-likeness (QED) is 0.405. The number of rotatable bonds is 3. The molecule has 7 nitrogen and oxygen atoms in total. The average molecular weight is 466 g/mol. The first kappa shape index (κ1) is 20.7. The normalized spacial score (nSPS) is 17.3. The molecule has 0 aliphatic carbocycles. The van der Waals surface area contributed by atoms with Crippen molar-refractivity contribution in [2.45, 2.75) is 13.0 Å². The molecule has 1 aromatic heterocycles. The van der Waals surface area contributed by atoms with E-state index in [9.17, 15) is 9.59 Å². The third kappa shape index (κ3) is 2.98. The number of hydrogen-bond donors (Lipinski definition) is 3. The molecule has 0 bridgehead atoms. The molecule has 1 saturated heterocycles. The number of aryl methyl sites for hydroxylation is 1. The average Bonchev–Trinajstić information content (AvgIpc) is 3.41. The van der Waals surface area contributed by atoms with E-state index in [0.717, 1.165) is 83.2 Å². The van der Waals surface area contributed by atoms with Gasteiger partial charge in [-0.2, -0.15) is 0 Å². The summed E-state index contributed by atoms with van der Waals surface area (Å²) in [7, 11) is 1.99. The van der Waals surface area contributed by atoms with Gasteiger partial charge in [-0.3, -0.25) is 14.9 Å². The van der Waals surface area contributed by atoms with Crippen LogP contribution in [0.2, 0.25) is 0 Å². The van der Waals surface area contributed by atoms with Crippen molar-refractivity contribution in [3.8, 4) is 11.1 Å². The topological polar surface area (TPSA) is 78.4 Å². The van der Waals surface area contributed by atoms with Gasteiger partial charge in [-0.25, -0.2) is 0 Å². The van der Waals surface area contributed by atoms with E-state index >= 15 is 0 Å². The molecule has 0 spiro atoms. The molecule has 3 aliphatic rings. The monoisotopic (exact) mass is 465 g/mol. The van der Waals surface area contributed by atoms with Crippen molar-refractivity contribution in [3.05, 3.63) is 64.8 Å². The van der Waals surface area contributed by atoms with Crippen molar-refractivity contribution < 1.29 is 9.59 Å². The number of piperazine rings is 1. The molecule has 7 rings (SSSR count). The van der Waals surface area contributed by atoms with Crippen LogP contribution in [-0.2, 0) is 20.0 Å². The molecule has 0 unspecified atom stereocenters. The number of hydrogen-bond acceptors (Lipinski definition) is 5. The highest BCUT2D eigenvalue weighted by atomic mass is 16.2. The van der Waals surface area contributed by atoms with Crippen LogP contribution >= 0.6 is 0 Å². The van der Waals surface area contributed by atoms with Crippen molar-refractivity contribution in [2.24, 2.45) is 7.05 Å². The fraction of sp³-hybridized carbons (Fsp3) is 0.286. The van der Waals surface area contributed by atoms with Crippen molar-refractivity contribution in [1.82, 2.24) is 20.1 Å². The van der Waals surface area contributed by atoms with E-state index in [2.05, 4.69) is 51.2 Å². The van der Waals surface area contributed by atoms with Gasteiger partial charge in [0.25, 0.3) is 11.8 Å². The largest absolute Gasteiger partial charge is 0.380 e. The molecule has 2 amide bonds. The lowest BCUT2D eigenvalue weighted by atomic mass is 9.82. The van der Waals surface area contributed by atoms with E-state index in [1.54, 1.807) is 0 Å². The maximum absolute atomic E-state index is 13.2. The standard InChI is InChI=1S/C28H27N5O2/c1-32-11-7-17-5-6-18-20-15-30-25-16(8-12-33-13-9-29-10-14-33)3-2-4-19(25)21(20)23-24(22(18)26(17)32)28(35)31-27(23)34/h2-7,11,29-30H,8-10,12-15H2,1H3,(H,31,34,35). The van der Waals surface area contributed by atoms with Crippen molar-refractivity contribution >= 4 is 39.2 Å². The zero-order valence-electron chi connectivity index (χ0n) is 19.7. The number of benzene rings is 3. The molecule has 176 valence electrons. The van der Waals surface area contributed by atoms with Gasteiger partial charge in [0.2, 0.25) is 0 Å². The summed E-state index contributed by atoms with van der Waals surface area (Å²) in [5.74, 6) is -0.602. The Balaban J connectivity index is 1.45. The van der Waals surface area contributed by atoms with Gasteiger partial charge in [0, 0.05) is 80.1 Å². The summed E-state index contributed by atoms with van der Waals surface area (Å²) in [6, 6.07) is 12.6. The molecule has 3 N–H and O–H groups in total. The van der Waals surface area contributed by atoms with Crippen LogP contribution in [0, 0.1) is 0 Å². The molecule has 0 saturated carbocycles. The van der Waals surface area contributed by atoms with Gasteiger partial charge in [-0.15, -0.1) is 0 Å².